The zero-order valence-electron chi connectivity index (χ0n) is 8.40. The monoisotopic (exact) mass is 198 g/mol. The number of aliphatic hydroxyl groups excluding tert-OH is 1. The van der Waals surface area contributed by atoms with E-state index in [1.165, 1.54) is 12.1 Å². The Morgan fingerprint density at radius 3 is 2.36 bits per heavy atom. The van der Waals surface area contributed by atoms with Crippen molar-refractivity contribution in [1.29, 1.82) is 0 Å². The molecule has 78 valence electrons. The number of halogens is 1. The predicted molar refractivity (Wildman–Crippen MR) is 52.7 cm³/mol. The van der Waals surface area contributed by atoms with Crippen LogP contribution in [0, 0.1) is 11.7 Å². The summed E-state index contributed by atoms with van der Waals surface area (Å²) in [6.45, 7) is 4.07. The van der Waals surface area contributed by atoms with E-state index in [0.29, 0.717) is 5.75 Å². The molecule has 0 aliphatic carbocycles. The molecule has 0 spiro atoms. The van der Waals surface area contributed by atoms with Crippen LogP contribution in [0.5, 0.6) is 5.75 Å². The van der Waals surface area contributed by atoms with Crippen LogP contribution in [-0.4, -0.2) is 17.8 Å². The molecule has 1 atom stereocenters. The van der Waals surface area contributed by atoms with Crippen LogP contribution in [0.3, 0.4) is 0 Å². The number of hydrogen-bond donors (Lipinski definition) is 1. The largest absolute Gasteiger partial charge is 0.491 e. The van der Waals surface area contributed by atoms with Crippen molar-refractivity contribution >= 4 is 0 Å². The van der Waals surface area contributed by atoms with Gasteiger partial charge in [-0.05, 0) is 30.2 Å². The number of ether oxygens (including phenoxy) is 1. The molecule has 0 heterocycles. The van der Waals surface area contributed by atoms with E-state index in [-0.39, 0.29) is 18.3 Å². The Balaban J connectivity index is 2.42. The normalized spacial score (nSPS) is 12.9. The zero-order valence-corrected chi connectivity index (χ0v) is 8.40. The molecule has 1 N–H and O–H groups in total. The van der Waals surface area contributed by atoms with Gasteiger partial charge < -0.3 is 9.84 Å². The lowest BCUT2D eigenvalue weighted by atomic mass is 10.1. The molecular weight excluding hydrogens is 183 g/mol. The van der Waals surface area contributed by atoms with Crippen molar-refractivity contribution in [1.82, 2.24) is 0 Å². The Labute approximate surface area is 83.3 Å². The third kappa shape index (κ3) is 3.34. The smallest absolute Gasteiger partial charge is 0.123 e. The Morgan fingerprint density at radius 2 is 1.86 bits per heavy atom. The fourth-order valence-electron chi connectivity index (χ4n) is 0.905. The summed E-state index contributed by atoms with van der Waals surface area (Å²) in [6, 6.07) is 5.75. The molecule has 2 nitrogen and oxygen atoms in total. The lowest BCUT2D eigenvalue weighted by Crippen LogP contribution is -2.23. The molecule has 3 heteroatoms. The summed E-state index contributed by atoms with van der Waals surface area (Å²) in [6.07, 6.45) is -0.486. The van der Waals surface area contributed by atoms with Crippen molar-refractivity contribution in [3.8, 4) is 5.75 Å². The van der Waals surface area contributed by atoms with Crippen LogP contribution in [0.25, 0.3) is 0 Å². The van der Waals surface area contributed by atoms with E-state index in [4.69, 9.17) is 4.74 Å². The summed E-state index contributed by atoms with van der Waals surface area (Å²) in [7, 11) is 0. The van der Waals surface area contributed by atoms with Crippen LogP contribution in [-0.2, 0) is 0 Å². The van der Waals surface area contributed by atoms with Gasteiger partial charge in [-0.15, -0.1) is 0 Å². The number of aliphatic hydroxyl groups is 1. The van der Waals surface area contributed by atoms with Gasteiger partial charge in [-0.2, -0.15) is 0 Å². The van der Waals surface area contributed by atoms with E-state index in [1.807, 2.05) is 13.8 Å². The summed E-state index contributed by atoms with van der Waals surface area (Å²) >= 11 is 0. The molecule has 1 unspecified atom stereocenters. The molecule has 1 aromatic rings. The van der Waals surface area contributed by atoms with Crippen molar-refractivity contribution < 1.29 is 14.2 Å². The zero-order chi connectivity index (χ0) is 10.6. The van der Waals surface area contributed by atoms with Gasteiger partial charge in [-0.1, -0.05) is 13.8 Å². The average Bonchev–Trinajstić information content (AvgIpc) is 2.16. The second kappa shape index (κ2) is 4.96. The van der Waals surface area contributed by atoms with Gasteiger partial charge in [-0.3, -0.25) is 0 Å². The molecule has 1 aromatic carbocycles. The summed E-state index contributed by atoms with van der Waals surface area (Å²) in [5.41, 5.74) is 0. The van der Waals surface area contributed by atoms with Crippen LogP contribution in [0.1, 0.15) is 13.8 Å². The highest BCUT2D eigenvalue weighted by Crippen LogP contribution is 2.12. The van der Waals surface area contributed by atoms with Gasteiger partial charge in [0.1, 0.15) is 18.2 Å². The fraction of sp³-hybridized carbons (Fsp3) is 0.455. The molecule has 0 aliphatic rings. The van der Waals surface area contributed by atoms with Crippen LogP contribution < -0.4 is 4.74 Å². The molecule has 0 saturated heterocycles. The maximum absolute atomic E-state index is 12.5. The molecule has 0 bridgehead atoms. The van der Waals surface area contributed by atoms with Crippen molar-refractivity contribution in [3.05, 3.63) is 30.1 Å². The predicted octanol–water partition coefficient (Wildman–Crippen LogP) is 2.22. The molecule has 0 fully saturated rings. The van der Waals surface area contributed by atoms with Gasteiger partial charge in [0, 0.05) is 0 Å². The van der Waals surface area contributed by atoms with Crippen LogP contribution >= 0.6 is 0 Å². The minimum absolute atomic E-state index is 0.162. The first kappa shape index (κ1) is 11.0. The minimum Gasteiger partial charge on any atom is -0.491 e. The van der Waals surface area contributed by atoms with Gasteiger partial charge in [-0.25, -0.2) is 4.39 Å². The van der Waals surface area contributed by atoms with Crippen molar-refractivity contribution in [2.45, 2.75) is 20.0 Å². The number of hydrogen-bond acceptors (Lipinski definition) is 2. The van der Waals surface area contributed by atoms with E-state index >= 15 is 0 Å². The number of benzene rings is 1. The van der Waals surface area contributed by atoms with Gasteiger partial charge in [0.05, 0.1) is 6.10 Å². The molecule has 14 heavy (non-hydrogen) atoms. The maximum Gasteiger partial charge on any atom is 0.123 e. The summed E-state index contributed by atoms with van der Waals surface area (Å²) < 4.78 is 17.8. The van der Waals surface area contributed by atoms with E-state index in [0.717, 1.165) is 0 Å². The highest BCUT2D eigenvalue weighted by Gasteiger charge is 2.09. The summed E-state index contributed by atoms with van der Waals surface area (Å²) in [4.78, 5) is 0. The summed E-state index contributed by atoms with van der Waals surface area (Å²) in [5, 5.41) is 9.44. The first-order valence-corrected chi connectivity index (χ1v) is 4.66. The lowest BCUT2D eigenvalue weighted by molar-refractivity contribution is 0.0701. The van der Waals surface area contributed by atoms with Crippen molar-refractivity contribution in [2.75, 3.05) is 6.61 Å². The molecule has 0 radical (unpaired) electrons. The van der Waals surface area contributed by atoms with Crippen LogP contribution in [0.4, 0.5) is 4.39 Å². The first-order chi connectivity index (χ1) is 6.59. The van der Waals surface area contributed by atoms with E-state index in [9.17, 15) is 9.50 Å². The minimum atomic E-state index is -0.486. The van der Waals surface area contributed by atoms with Crippen LogP contribution in [0.2, 0.25) is 0 Å². The quantitative estimate of drug-likeness (QED) is 0.803. The second-order valence-electron chi connectivity index (χ2n) is 3.58. The molecule has 1 rings (SSSR count). The Bertz CT molecular complexity index is 269. The third-order valence-electron chi connectivity index (χ3n) is 2.00. The van der Waals surface area contributed by atoms with Crippen molar-refractivity contribution in [2.24, 2.45) is 5.92 Å². The third-order valence-corrected chi connectivity index (χ3v) is 2.00. The van der Waals surface area contributed by atoms with E-state index in [1.54, 1.807) is 12.1 Å². The van der Waals surface area contributed by atoms with E-state index < -0.39 is 6.10 Å². The van der Waals surface area contributed by atoms with Gasteiger partial charge in [0.2, 0.25) is 0 Å². The maximum atomic E-state index is 12.5. The first-order valence-electron chi connectivity index (χ1n) is 4.66. The standard InChI is InChI=1S/C11H15FO2/c1-8(2)11(13)7-14-10-5-3-9(12)4-6-10/h3-6,8,11,13H,7H2,1-2H3. The Hall–Kier alpha value is -1.09. The second-order valence-corrected chi connectivity index (χ2v) is 3.58. The highest BCUT2D eigenvalue weighted by atomic mass is 19.1. The number of rotatable bonds is 4. The SMILES string of the molecule is CC(C)C(O)COc1ccc(F)cc1. The fourth-order valence-corrected chi connectivity index (χ4v) is 0.905. The van der Waals surface area contributed by atoms with E-state index in [2.05, 4.69) is 0 Å². The van der Waals surface area contributed by atoms with Crippen LogP contribution in [0.15, 0.2) is 24.3 Å². The molecule has 0 aromatic heterocycles. The molecule has 0 aliphatic heterocycles. The van der Waals surface area contributed by atoms with Gasteiger partial charge in [0.25, 0.3) is 0 Å². The van der Waals surface area contributed by atoms with Crippen molar-refractivity contribution in [3.63, 3.8) is 0 Å². The molecule has 0 amide bonds. The molecule has 0 saturated carbocycles. The lowest BCUT2D eigenvalue weighted by Gasteiger charge is -2.15. The topological polar surface area (TPSA) is 29.5 Å². The summed E-state index contributed by atoms with van der Waals surface area (Å²) in [5.74, 6) is 0.448. The molecular formula is C11H15FO2. The highest BCUT2D eigenvalue weighted by molar-refractivity contribution is 5.22. The Morgan fingerprint density at radius 1 is 1.29 bits per heavy atom. The Kier molecular flexibility index (Phi) is 3.89. The van der Waals surface area contributed by atoms with Gasteiger partial charge in [0.15, 0.2) is 0 Å². The van der Waals surface area contributed by atoms with Gasteiger partial charge >= 0.3 is 0 Å². The average molecular weight is 198 g/mol.